The highest BCUT2D eigenvalue weighted by molar-refractivity contribution is 5.62. The Kier molecular flexibility index (Phi) is 3.54. The predicted octanol–water partition coefficient (Wildman–Crippen LogP) is 2.46. The number of hydrogen-bond acceptors (Lipinski definition) is 4. The highest BCUT2D eigenvalue weighted by Crippen LogP contribution is 2.25. The Morgan fingerprint density at radius 3 is 2.59 bits per heavy atom. The first-order valence-electron chi connectivity index (χ1n) is 5.82. The van der Waals surface area contributed by atoms with Gasteiger partial charge < -0.3 is 9.84 Å². The maximum absolute atomic E-state index is 5.31. The minimum Gasteiger partial charge on any atom is -0.334 e. The van der Waals surface area contributed by atoms with Gasteiger partial charge in [0, 0.05) is 5.56 Å². The van der Waals surface area contributed by atoms with E-state index >= 15 is 0 Å². The van der Waals surface area contributed by atoms with Crippen LogP contribution in [0.1, 0.15) is 23.9 Å². The van der Waals surface area contributed by atoms with Crippen LogP contribution >= 0.6 is 0 Å². The van der Waals surface area contributed by atoms with Crippen molar-refractivity contribution < 1.29 is 4.52 Å². The van der Waals surface area contributed by atoms with Crippen LogP contribution in [-0.4, -0.2) is 16.7 Å². The van der Waals surface area contributed by atoms with Crippen molar-refractivity contribution in [1.82, 2.24) is 15.5 Å². The summed E-state index contributed by atoms with van der Waals surface area (Å²) in [4.78, 5) is 4.40. The predicted molar refractivity (Wildman–Crippen MR) is 66.6 cm³/mol. The van der Waals surface area contributed by atoms with Crippen LogP contribution in [0.3, 0.4) is 0 Å². The fraction of sp³-hybridized carbons (Fsp3) is 0.385. The summed E-state index contributed by atoms with van der Waals surface area (Å²) in [5, 5.41) is 7.14. The van der Waals surface area contributed by atoms with E-state index in [0.717, 1.165) is 23.2 Å². The molecule has 0 atom stereocenters. The van der Waals surface area contributed by atoms with E-state index in [2.05, 4.69) is 41.4 Å². The van der Waals surface area contributed by atoms with Crippen LogP contribution in [0.2, 0.25) is 0 Å². The van der Waals surface area contributed by atoms with Crippen molar-refractivity contribution in [2.45, 2.75) is 27.3 Å². The lowest BCUT2D eigenvalue weighted by molar-refractivity contribution is 0.419. The van der Waals surface area contributed by atoms with E-state index in [1.807, 2.05) is 13.0 Å². The third kappa shape index (κ3) is 2.53. The molecule has 0 aliphatic carbocycles. The average Bonchev–Trinajstić information content (AvgIpc) is 2.75. The van der Waals surface area contributed by atoms with Crippen molar-refractivity contribution in [2.75, 3.05) is 6.54 Å². The molecule has 0 spiro atoms. The first kappa shape index (κ1) is 11.8. The molecule has 1 aromatic heterocycles. The number of nitrogens with one attached hydrogen (secondary N) is 1. The van der Waals surface area contributed by atoms with Crippen molar-refractivity contribution >= 4 is 0 Å². The van der Waals surface area contributed by atoms with Crippen LogP contribution in [0.4, 0.5) is 0 Å². The molecule has 0 radical (unpaired) electrons. The van der Waals surface area contributed by atoms with E-state index in [9.17, 15) is 0 Å². The minimum atomic E-state index is 0.605. The summed E-state index contributed by atoms with van der Waals surface area (Å²) in [6.45, 7) is 7.69. The molecule has 90 valence electrons. The molecule has 0 aliphatic rings. The lowest BCUT2D eigenvalue weighted by Crippen LogP contribution is -2.12. The zero-order chi connectivity index (χ0) is 12.3. The Balaban J connectivity index is 2.30. The monoisotopic (exact) mass is 231 g/mol. The minimum absolute atomic E-state index is 0.605. The van der Waals surface area contributed by atoms with Gasteiger partial charge >= 0.3 is 0 Å². The second kappa shape index (κ2) is 5.10. The van der Waals surface area contributed by atoms with Crippen LogP contribution in [0.15, 0.2) is 22.7 Å². The van der Waals surface area contributed by atoms with E-state index in [-0.39, 0.29) is 0 Å². The Morgan fingerprint density at radius 2 is 1.94 bits per heavy atom. The number of aryl methyl sites for hydroxylation is 2. The molecular formula is C13H17N3O. The third-order valence-electron chi connectivity index (χ3n) is 2.70. The molecule has 17 heavy (non-hydrogen) atoms. The van der Waals surface area contributed by atoms with Crippen molar-refractivity contribution in [2.24, 2.45) is 0 Å². The molecule has 1 aromatic carbocycles. The van der Waals surface area contributed by atoms with Gasteiger partial charge in [-0.1, -0.05) is 30.3 Å². The standard InChI is InChI=1S/C13H17N3O/c1-4-14-8-11-15-13(17-16-11)12-9(2)6-5-7-10(12)3/h5-7,14H,4,8H2,1-3H3. The second-order valence-electron chi connectivity index (χ2n) is 4.06. The molecule has 0 saturated heterocycles. The highest BCUT2D eigenvalue weighted by Gasteiger charge is 2.12. The molecule has 0 unspecified atom stereocenters. The summed E-state index contributed by atoms with van der Waals surface area (Å²) < 4.78 is 5.31. The third-order valence-corrected chi connectivity index (χ3v) is 2.70. The van der Waals surface area contributed by atoms with Gasteiger partial charge in [0.15, 0.2) is 5.82 Å². The SMILES string of the molecule is CCNCc1noc(-c2c(C)cccc2C)n1. The first-order valence-corrected chi connectivity index (χ1v) is 5.82. The number of aromatic nitrogens is 2. The molecule has 0 fully saturated rings. The number of benzene rings is 1. The molecule has 0 aliphatic heterocycles. The molecule has 1 N–H and O–H groups in total. The second-order valence-corrected chi connectivity index (χ2v) is 4.06. The van der Waals surface area contributed by atoms with Gasteiger partial charge in [-0.25, -0.2) is 0 Å². The molecule has 1 heterocycles. The van der Waals surface area contributed by atoms with E-state index in [4.69, 9.17) is 4.52 Å². The van der Waals surface area contributed by atoms with Gasteiger partial charge in [0.2, 0.25) is 0 Å². The van der Waals surface area contributed by atoms with Gasteiger partial charge in [-0.15, -0.1) is 0 Å². The molecule has 4 nitrogen and oxygen atoms in total. The summed E-state index contributed by atoms with van der Waals surface area (Å²) in [7, 11) is 0. The lowest BCUT2D eigenvalue weighted by atomic mass is 10.0. The van der Waals surface area contributed by atoms with Crippen molar-refractivity contribution in [1.29, 1.82) is 0 Å². The summed E-state index contributed by atoms with van der Waals surface area (Å²) in [5.41, 5.74) is 3.36. The highest BCUT2D eigenvalue weighted by atomic mass is 16.5. The Hall–Kier alpha value is -1.68. The summed E-state index contributed by atoms with van der Waals surface area (Å²) in [6.07, 6.45) is 0. The van der Waals surface area contributed by atoms with E-state index in [1.165, 1.54) is 0 Å². The number of hydrogen-bond donors (Lipinski definition) is 1. The normalized spacial score (nSPS) is 10.8. The van der Waals surface area contributed by atoms with E-state index in [0.29, 0.717) is 18.3 Å². The van der Waals surface area contributed by atoms with Gasteiger partial charge in [-0.2, -0.15) is 4.98 Å². The molecule has 0 amide bonds. The van der Waals surface area contributed by atoms with Gasteiger partial charge in [-0.05, 0) is 31.5 Å². The molecule has 0 bridgehead atoms. The molecular weight excluding hydrogens is 214 g/mol. The Labute approximate surface area is 101 Å². The van der Waals surface area contributed by atoms with Crippen LogP contribution in [-0.2, 0) is 6.54 Å². The fourth-order valence-electron chi connectivity index (χ4n) is 1.82. The van der Waals surface area contributed by atoms with Gasteiger partial charge in [0.05, 0.1) is 6.54 Å². The number of nitrogens with zero attached hydrogens (tertiary/aromatic N) is 2. The number of rotatable bonds is 4. The van der Waals surface area contributed by atoms with E-state index in [1.54, 1.807) is 0 Å². The Bertz CT molecular complexity index is 485. The maximum Gasteiger partial charge on any atom is 0.258 e. The summed E-state index contributed by atoms with van der Waals surface area (Å²) in [6, 6.07) is 6.14. The molecule has 0 saturated carbocycles. The smallest absolute Gasteiger partial charge is 0.258 e. The Morgan fingerprint density at radius 1 is 1.24 bits per heavy atom. The zero-order valence-corrected chi connectivity index (χ0v) is 10.4. The van der Waals surface area contributed by atoms with Gasteiger partial charge in [0.1, 0.15) is 0 Å². The zero-order valence-electron chi connectivity index (χ0n) is 10.4. The van der Waals surface area contributed by atoms with Crippen LogP contribution < -0.4 is 5.32 Å². The molecule has 2 aromatic rings. The molecule has 2 rings (SSSR count). The largest absolute Gasteiger partial charge is 0.334 e. The average molecular weight is 231 g/mol. The summed E-state index contributed by atoms with van der Waals surface area (Å²) >= 11 is 0. The molecule has 4 heteroatoms. The quantitative estimate of drug-likeness (QED) is 0.878. The van der Waals surface area contributed by atoms with Gasteiger partial charge in [-0.3, -0.25) is 0 Å². The topological polar surface area (TPSA) is 51.0 Å². The summed E-state index contributed by atoms with van der Waals surface area (Å²) in [5.74, 6) is 1.30. The lowest BCUT2D eigenvalue weighted by Gasteiger charge is -2.03. The van der Waals surface area contributed by atoms with Crippen molar-refractivity contribution in [3.63, 3.8) is 0 Å². The fourth-order valence-corrected chi connectivity index (χ4v) is 1.82. The van der Waals surface area contributed by atoms with Crippen LogP contribution in [0.5, 0.6) is 0 Å². The van der Waals surface area contributed by atoms with Crippen molar-refractivity contribution in [3.05, 3.63) is 35.2 Å². The van der Waals surface area contributed by atoms with Crippen LogP contribution in [0.25, 0.3) is 11.5 Å². The van der Waals surface area contributed by atoms with Crippen molar-refractivity contribution in [3.8, 4) is 11.5 Å². The maximum atomic E-state index is 5.31. The van der Waals surface area contributed by atoms with Gasteiger partial charge in [0.25, 0.3) is 5.89 Å². The van der Waals surface area contributed by atoms with E-state index < -0.39 is 0 Å². The van der Waals surface area contributed by atoms with Crippen LogP contribution in [0, 0.1) is 13.8 Å². The first-order chi connectivity index (χ1) is 8.22.